The highest BCUT2D eigenvalue weighted by molar-refractivity contribution is 5.84. The van der Waals surface area contributed by atoms with Gasteiger partial charge in [0.15, 0.2) is 5.79 Å². The molecule has 1 saturated heterocycles. The third-order valence-corrected chi connectivity index (χ3v) is 4.39. The first-order valence-electron chi connectivity index (χ1n) is 7.89. The first kappa shape index (κ1) is 15.7. The van der Waals surface area contributed by atoms with Gasteiger partial charge in [-0.25, -0.2) is 0 Å². The van der Waals surface area contributed by atoms with Crippen LogP contribution < -0.4 is 5.32 Å². The third kappa shape index (κ3) is 3.71. The largest absolute Gasteiger partial charge is 0.380 e. The van der Waals surface area contributed by atoms with Gasteiger partial charge in [0.2, 0.25) is 0 Å². The molecule has 5 nitrogen and oxygen atoms in total. The zero-order valence-corrected chi connectivity index (χ0v) is 12.5. The van der Waals surface area contributed by atoms with Crippen molar-refractivity contribution >= 4 is 5.91 Å². The first-order chi connectivity index (χ1) is 9.60. The molecule has 5 heteroatoms. The smallest absolute Gasteiger partial charge is 0.251 e. The molecule has 1 saturated carbocycles. The molecule has 0 aromatic carbocycles. The van der Waals surface area contributed by atoms with Crippen LogP contribution in [0.15, 0.2) is 0 Å². The van der Waals surface area contributed by atoms with E-state index in [4.69, 9.17) is 9.47 Å². The maximum absolute atomic E-state index is 12.1. The second-order valence-corrected chi connectivity index (χ2v) is 5.96. The molecule has 1 aliphatic heterocycles. The molecule has 1 spiro atoms. The van der Waals surface area contributed by atoms with Gasteiger partial charge in [0.05, 0.1) is 13.2 Å². The van der Waals surface area contributed by atoms with Crippen LogP contribution in [0, 0.1) is 0 Å². The zero-order valence-electron chi connectivity index (χ0n) is 12.5. The molecule has 2 rings (SSSR count). The Morgan fingerprint density at radius 1 is 1.10 bits per heavy atom. The summed E-state index contributed by atoms with van der Waals surface area (Å²) in [6, 6.07) is 0. The molecule has 20 heavy (non-hydrogen) atoms. The van der Waals surface area contributed by atoms with Gasteiger partial charge in [-0.1, -0.05) is 26.2 Å². The van der Waals surface area contributed by atoms with E-state index in [1.165, 1.54) is 12.8 Å². The predicted molar refractivity (Wildman–Crippen MR) is 75.2 cm³/mol. The van der Waals surface area contributed by atoms with E-state index < -0.39 is 11.4 Å². The number of hydrogen-bond donors (Lipinski definition) is 2. The Kier molecular flexibility index (Phi) is 5.41. The Morgan fingerprint density at radius 2 is 1.75 bits per heavy atom. The average Bonchev–Trinajstić information content (AvgIpc) is 2.91. The summed E-state index contributed by atoms with van der Waals surface area (Å²) in [5, 5.41) is 13.3. The van der Waals surface area contributed by atoms with E-state index in [2.05, 4.69) is 12.2 Å². The van der Waals surface area contributed by atoms with Crippen molar-refractivity contribution in [2.24, 2.45) is 0 Å². The lowest BCUT2D eigenvalue weighted by Gasteiger charge is -2.39. The summed E-state index contributed by atoms with van der Waals surface area (Å²) in [5.41, 5.74) is -1.24. The van der Waals surface area contributed by atoms with Crippen molar-refractivity contribution in [2.45, 2.75) is 69.7 Å². The monoisotopic (exact) mass is 285 g/mol. The van der Waals surface area contributed by atoms with Gasteiger partial charge >= 0.3 is 0 Å². The van der Waals surface area contributed by atoms with E-state index in [1.807, 2.05) is 0 Å². The molecule has 1 amide bonds. The van der Waals surface area contributed by atoms with Crippen molar-refractivity contribution in [3.8, 4) is 0 Å². The van der Waals surface area contributed by atoms with E-state index in [0.29, 0.717) is 45.4 Å². The SMILES string of the molecule is CCCCCCNC(=O)C1(O)CCC2(CC1)OCCO2. The van der Waals surface area contributed by atoms with Gasteiger partial charge in [-0.05, 0) is 19.3 Å². The lowest BCUT2D eigenvalue weighted by Crippen LogP contribution is -2.52. The summed E-state index contributed by atoms with van der Waals surface area (Å²) in [7, 11) is 0. The van der Waals surface area contributed by atoms with E-state index in [1.54, 1.807) is 0 Å². The fourth-order valence-corrected chi connectivity index (χ4v) is 2.98. The van der Waals surface area contributed by atoms with Gasteiger partial charge in [0.1, 0.15) is 5.60 Å². The normalized spacial score (nSPS) is 23.9. The summed E-state index contributed by atoms with van der Waals surface area (Å²) in [5.74, 6) is -0.768. The molecule has 0 radical (unpaired) electrons. The van der Waals surface area contributed by atoms with Crippen molar-refractivity contribution in [3.05, 3.63) is 0 Å². The van der Waals surface area contributed by atoms with Crippen molar-refractivity contribution in [1.82, 2.24) is 5.32 Å². The Morgan fingerprint density at radius 3 is 2.35 bits per heavy atom. The minimum atomic E-state index is -1.24. The Balaban J connectivity index is 1.72. The molecular formula is C15H27NO4. The molecule has 116 valence electrons. The second kappa shape index (κ2) is 6.87. The van der Waals surface area contributed by atoms with Gasteiger partial charge < -0.3 is 19.9 Å². The molecule has 0 aromatic heterocycles. The van der Waals surface area contributed by atoms with Crippen LogP contribution in [0.25, 0.3) is 0 Å². The van der Waals surface area contributed by atoms with Gasteiger partial charge in [-0.15, -0.1) is 0 Å². The lowest BCUT2D eigenvalue weighted by atomic mass is 9.80. The quantitative estimate of drug-likeness (QED) is 0.729. The fourth-order valence-electron chi connectivity index (χ4n) is 2.98. The number of hydrogen-bond acceptors (Lipinski definition) is 4. The Labute approximate surface area is 121 Å². The fraction of sp³-hybridized carbons (Fsp3) is 0.933. The number of nitrogens with one attached hydrogen (secondary N) is 1. The third-order valence-electron chi connectivity index (χ3n) is 4.39. The van der Waals surface area contributed by atoms with Crippen LogP contribution in [0.5, 0.6) is 0 Å². The van der Waals surface area contributed by atoms with Crippen molar-refractivity contribution in [2.75, 3.05) is 19.8 Å². The molecule has 1 aliphatic carbocycles. The Bertz CT molecular complexity index is 316. The molecular weight excluding hydrogens is 258 g/mol. The summed E-state index contributed by atoms with van der Waals surface area (Å²) in [6.07, 6.45) is 6.48. The summed E-state index contributed by atoms with van der Waals surface area (Å²) < 4.78 is 11.2. The molecule has 0 bridgehead atoms. The molecule has 2 fully saturated rings. The van der Waals surface area contributed by atoms with Crippen LogP contribution in [0.3, 0.4) is 0 Å². The summed E-state index contributed by atoms with van der Waals surface area (Å²) in [4.78, 5) is 12.1. The van der Waals surface area contributed by atoms with Crippen LogP contribution in [0.4, 0.5) is 0 Å². The highest BCUT2D eigenvalue weighted by Crippen LogP contribution is 2.40. The van der Waals surface area contributed by atoms with Crippen LogP contribution in [0.2, 0.25) is 0 Å². The second-order valence-electron chi connectivity index (χ2n) is 5.96. The van der Waals surface area contributed by atoms with Gasteiger partial charge in [-0.2, -0.15) is 0 Å². The predicted octanol–water partition coefficient (Wildman–Crippen LogP) is 1.73. The zero-order chi connectivity index (χ0) is 14.5. The molecule has 0 aromatic rings. The minimum Gasteiger partial charge on any atom is -0.380 e. The number of amides is 1. The number of unbranched alkanes of at least 4 members (excludes halogenated alkanes) is 3. The maximum atomic E-state index is 12.1. The summed E-state index contributed by atoms with van der Waals surface area (Å²) in [6.45, 7) is 4.04. The van der Waals surface area contributed by atoms with Crippen LogP contribution in [0.1, 0.15) is 58.3 Å². The number of aliphatic hydroxyl groups is 1. The molecule has 1 heterocycles. The van der Waals surface area contributed by atoms with Crippen molar-refractivity contribution in [3.63, 3.8) is 0 Å². The van der Waals surface area contributed by atoms with Crippen LogP contribution >= 0.6 is 0 Å². The van der Waals surface area contributed by atoms with E-state index in [9.17, 15) is 9.90 Å². The van der Waals surface area contributed by atoms with Crippen molar-refractivity contribution in [1.29, 1.82) is 0 Å². The molecule has 0 atom stereocenters. The average molecular weight is 285 g/mol. The summed E-state index contributed by atoms with van der Waals surface area (Å²) >= 11 is 0. The number of rotatable bonds is 6. The van der Waals surface area contributed by atoms with Crippen LogP contribution in [-0.4, -0.2) is 42.2 Å². The van der Waals surface area contributed by atoms with Gasteiger partial charge in [0.25, 0.3) is 5.91 Å². The highest BCUT2D eigenvalue weighted by atomic mass is 16.7. The lowest BCUT2D eigenvalue weighted by molar-refractivity contribution is -0.203. The Hall–Kier alpha value is -0.650. The number of carbonyl (C=O) groups excluding carboxylic acids is 1. The van der Waals surface area contributed by atoms with E-state index in [-0.39, 0.29) is 5.91 Å². The maximum Gasteiger partial charge on any atom is 0.251 e. The topological polar surface area (TPSA) is 67.8 Å². The highest BCUT2D eigenvalue weighted by Gasteiger charge is 2.48. The van der Waals surface area contributed by atoms with Gasteiger partial charge in [0, 0.05) is 19.4 Å². The minimum absolute atomic E-state index is 0.234. The van der Waals surface area contributed by atoms with Gasteiger partial charge in [-0.3, -0.25) is 4.79 Å². The van der Waals surface area contributed by atoms with Crippen LogP contribution in [-0.2, 0) is 14.3 Å². The molecule has 2 N–H and O–H groups in total. The number of ether oxygens (including phenoxy) is 2. The van der Waals surface area contributed by atoms with E-state index >= 15 is 0 Å². The number of carbonyl (C=O) groups is 1. The first-order valence-corrected chi connectivity index (χ1v) is 7.89. The standard InChI is InChI=1S/C15H27NO4/c1-2-3-4-5-10-16-13(17)14(18)6-8-15(9-7-14)19-11-12-20-15/h18H,2-12H2,1H3,(H,16,17). The van der Waals surface area contributed by atoms with Crippen molar-refractivity contribution < 1.29 is 19.4 Å². The molecule has 0 unspecified atom stereocenters. The molecule has 2 aliphatic rings. The van der Waals surface area contributed by atoms with E-state index in [0.717, 1.165) is 12.8 Å².